The molecular weight excluding hydrogens is 258 g/mol. The van der Waals surface area contributed by atoms with Crippen LogP contribution < -0.4 is 19.9 Å². The average Bonchev–Trinajstić information content (AvgIpc) is 2.43. The Labute approximate surface area is 120 Å². The first kappa shape index (κ1) is 16.6. The van der Waals surface area contributed by atoms with Gasteiger partial charge in [0, 0.05) is 0 Å². The number of hydrogen-bond acceptors (Lipinski definition) is 5. The lowest BCUT2D eigenvalue weighted by molar-refractivity contribution is 0.121. The van der Waals surface area contributed by atoms with E-state index in [9.17, 15) is 5.11 Å². The van der Waals surface area contributed by atoms with Crippen molar-refractivity contribution in [3.63, 3.8) is 0 Å². The van der Waals surface area contributed by atoms with E-state index in [2.05, 4.69) is 0 Å². The average molecular weight is 283 g/mol. The van der Waals surface area contributed by atoms with Crippen LogP contribution in [0.25, 0.3) is 0 Å². The Kier molecular flexibility index (Phi) is 6.10. The van der Waals surface area contributed by atoms with E-state index in [0.717, 1.165) is 5.56 Å². The smallest absolute Gasteiger partial charge is 0.203 e. The molecule has 1 rings (SSSR count). The highest BCUT2D eigenvalue weighted by Crippen LogP contribution is 2.40. The first-order valence-electron chi connectivity index (χ1n) is 6.68. The molecule has 114 valence electrons. The predicted octanol–water partition coefficient (Wildman–Crippen LogP) is 2.12. The highest BCUT2D eigenvalue weighted by molar-refractivity contribution is 5.54. The van der Waals surface area contributed by atoms with E-state index in [-0.39, 0.29) is 0 Å². The van der Waals surface area contributed by atoms with Gasteiger partial charge in [-0.1, -0.05) is 13.8 Å². The minimum absolute atomic E-state index is 0.373. The minimum Gasteiger partial charge on any atom is -0.493 e. The zero-order valence-electron chi connectivity index (χ0n) is 12.8. The molecule has 1 aromatic carbocycles. The van der Waals surface area contributed by atoms with E-state index in [4.69, 9.17) is 19.9 Å². The number of ether oxygens (including phenoxy) is 3. The number of aliphatic hydroxyl groups is 1. The van der Waals surface area contributed by atoms with E-state index >= 15 is 0 Å². The Balaban J connectivity index is 3.12. The molecule has 0 bridgehead atoms. The Hall–Kier alpha value is -1.46. The zero-order chi connectivity index (χ0) is 15.3. The molecule has 5 heteroatoms. The number of aliphatic hydroxyl groups excluding tert-OH is 1. The molecule has 0 aliphatic heterocycles. The highest BCUT2D eigenvalue weighted by atomic mass is 16.5. The Morgan fingerprint density at radius 2 is 1.55 bits per heavy atom. The standard InChI is InChI=1S/C15H25NO4/c1-9(2)6-11(17)14(16)10-7-12(18-3)15(20-5)13(8-10)19-4/h7-9,11,14,17H,6,16H2,1-5H3/t11-,14+/m1/s1. The van der Waals surface area contributed by atoms with Crippen LogP contribution in [0.15, 0.2) is 12.1 Å². The summed E-state index contributed by atoms with van der Waals surface area (Å²) in [4.78, 5) is 0. The summed E-state index contributed by atoms with van der Waals surface area (Å²) < 4.78 is 15.8. The van der Waals surface area contributed by atoms with Crippen molar-refractivity contribution in [1.29, 1.82) is 0 Å². The van der Waals surface area contributed by atoms with Gasteiger partial charge >= 0.3 is 0 Å². The molecule has 0 aliphatic rings. The molecule has 2 atom stereocenters. The molecule has 1 aromatic rings. The van der Waals surface area contributed by atoms with Crippen molar-refractivity contribution in [2.45, 2.75) is 32.4 Å². The van der Waals surface area contributed by atoms with Crippen molar-refractivity contribution >= 4 is 0 Å². The van der Waals surface area contributed by atoms with Crippen molar-refractivity contribution < 1.29 is 19.3 Å². The summed E-state index contributed by atoms with van der Waals surface area (Å²) >= 11 is 0. The van der Waals surface area contributed by atoms with Gasteiger partial charge in [0.1, 0.15) is 0 Å². The molecule has 0 spiro atoms. The summed E-state index contributed by atoms with van der Waals surface area (Å²) in [5, 5.41) is 10.2. The second kappa shape index (κ2) is 7.36. The molecule has 0 amide bonds. The second-order valence-corrected chi connectivity index (χ2v) is 5.18. The van der Waals surface area contributed by atoms with Gasteiger partial charge in [-0.25, -0.2) is 0 Å². The van der Waals surface area contributed by atoms with Gasteiger partial charge in [-0.05, 0) is 30.0 Å². The van der Waals surface area contributed by atoms with Crippen LogP contribution in [0.2, 0.25) is 0 Å². The number of rotatable bonds is 7. The summed E-state index contributed by atoms with van der Waals surface area (Å²) in [5.74, 6) is 1.96. The van der Waals surface area contributed by atoms with Gasteiger partial charge in [0.15, 0.2) is 11.5 Å². The van der Waals surface area contributed by atoms with Crippen molar-refractivity contribution in [3.8, 4) is 17.2 Å². The van der Waals surface area contributed by atoms with E-state index in [1.807, 2.05) is 13.8 Å². The van der Waals surface area contributed by atoms with Gasteiger partial charge in [-0.3, -0.25) is 0 Å². The van der Waals surface area contributed by atoms with Gasteiger partial charge in [0.2, 0.25) is 5.75 Å². The molecule has 0 unspecified atom stereocenters. The predicted molar refractivity (Wildman–Crippen MR) is 78.5 cm³/mol. The van der Waals surface area contributed by atoms with Crippen molar-refractivity contribution in [2.75, 3.05) is 21.3 Å². The summed E-state index contributed by atoms with van der Waals surface area (Å²) in [7, 11) is 4.65. The monoisotopic (exact) mass is 283 g/mol. The maximum Gasteiger partial charge on any atom is 0.203 e. The van der Waals surface area contributed by atoms with Gasteiger partial charge in [-0.2, -0.15) is 0 Å². The van der Waals surface area contributed by atoms with Crippen LogP contribution in [0.3, 0.4) is 0 Å². The van der Waals surface area contributed by atoms with Crippen LogP contribution >= 0.6 is 0 Å². The molecular formula is C15H25NO4. The molecule has 0 heterocycles. The highest BCUT2D eigenvalue weighted by Gasteiger charge is 2.22. The van der Waals surface area contributed by atoms with E-state index in [0.29, 0.717) is 29.6 Å². The molecule has 0 aromatic heterocycles. The van der Waals surface area contributed by atoms with Crippen LogP contribution in [-0.2, 0) is 0 Å². The molecule has 0 saturated carbocycles. The lowest BCUT2D eigenvalue weighted by Gasteiger charge is -2.22. The lowest BCUT2D eigenvalue weighted by Crippen LogP contribution is -2.27. The number of benzene rings is 1. The second-order valence-electron chi connectivity index (χ2n) is 5.18. The Bertz CT molecular complexity index is 409. The fourth-order valence-corrected chi connectivity index (χ4v) is 2.15. The molecule has 0 fully saturated rings. The topological polar surface area (TPSA) is 73.9 Å². The van der Waals surface area contributed by atoms with Crippen LogP contribution in [0.5, 0.6) is 17.2 Å². The molecule has 0 saturated heterocycles. The largest absolute Gasteiger partial charge is 0.493 e. The van der Waals surface area contributed by atoms with Crippen LogP contribution in [0, 0.1) is 5.92 Å². The molecule has 0 aliphatic carbocycles. The summed E-state index contributed by atoms with van der Waals surface area (Å²) in [6.45, 7) is 4.09. The summed E-state index contributed by atoms with van der Waals surface area (Å²) in [6, 6.07) is 3.05. The Morgan fingerprint density at radius 3 is 1.90 bits per heavy atom. The first-order chi connectivity index (χ1) is 9.44. The normalized spacial score (nSPS) is 14.0. The third kappa shape index (κ3) is 3.77. The number of nitrogens with two attached hydrogens (primary N) is 1. The maximum atomic E-state index is 10.2. The van der Waals surface area contributed by atoms with Crippen molar-refractivity contribution in [3.05, 3.63) is 17.7 Å². The molecule has 20 heavy (non-hydrogen) atoms. The maximum absolute atomic E-state index is 10.2. The van der Waals surface area contributed by atoms with Crippen LogP contribution in [0.4, 0.5) is 0 Å². The number of methoxy groups -OCH3 is 3. The van der Waals surface area contributed by atoms with E-state index in [1.165, 1.54) is 0 Å². The fraction of sp³-hybridized carbons (Fsp3) is 0.600. The summed E-state index contributed by atoms with van der Waals surface area (Å²) in [5.41, 5.74) is 6.88. The molecule has 0 radical (unpaired) electrons. The van der Waals surface area contributed by atoms with Gasteiger partial charge in [0.25, 0.3) is 0 Å². The minimum atomic E-state index is -0.613. The first-order valence-corrected chi connectivity index (χ1v) is 6.68. The molecule has 3 N–H and O–H groups in total. The fourth-order valence-electron chi connectivity index (χ4n) is 2.15. The van der Waals surface area contributed by atoms with Gasteiger partial charge in [0.05, 0.1) is 33.5 Å². The summed E-state index contributed by atoms with van der Waals surface area (Å²) in [6.07, 6.45) is 0.0236. The van der Waals surface area contributed by atoms with E-state index in [1.54, 1.807) is 33.5 Å². The van der Waals surface area contributed by atoms with E-state index < -0.39 is 12.1 Å². The third-order valence-corrected chi connectivity index (χ3v) is 3.20. The van der Waals surface area contributed by atoms with Crippen LogP contribution in [-0.4, -0.2) is 32.5 Å². The van der Waals surface area contributed by atoms with Crippen molar-refractivity contribution in [2.24, 2.45) is 11.7 Å². The van der Waals surface area contributed by atoms with Gasteiger partial charge < -0.3 is 25.1 Å². The molecule has 5 nitrogen and oxygen atoms in total. The van der Waals surface area contributed by atoms with Crippen molar-refractivity contribution in [1.82, 2.24) is 0 Å². The van der Waals surface area contributed by atoms with Gasteiger partial charge in [-0.15, -0.1) is 0 Å². The lowest BCUT2D eigenvalue weighted by atomic mass is 9.95. The van der Waals surface area contributed by atoms with Crippen LogP contribution in [0.1, 0.15) is 31.9 Å². The SMILES string of the molecule is COc1cc([C@H](N)[C@H](O)CC(C)C)cc(OC)c1OC. The zero-order valence-corrected chi connectivity index (χ0v) is 12.8. The number of hydrogen-bond donors (Lipinski definition) is 2. The third-order valence-electron chi connectivity index (χ3n) is 3.20. The quantitative estimate of drug-likeness (QED) is 0.802. The Morgan fingerprint density at radius 1 is 1.05 bits per heavy atom.